The van der Waals surface area contributed by atoms with Gasteiger partial charge < -0.3 is 14.0 Å². The summed E-state index contributed by atoms with van der Waals surface area (Å²) in [5, 5.41) is -5.65. The lowest BCUT2D eigenvalue weighted by Crippen LogP contribution is -2.75. The first-order chi connectivity index (χ1) is 39.2. The van der Waals surface area contributed by atoms with E-state index in [0.29, 0.717) is 0 Å². The molecular formula is C48H32BNO2Si. The van der Waals surface area contributed by atoms with Gasteiger partial charge in [0.25, 0.3) is 0 Å². The predicted molar refractivity (Wildman–Crippen MR) is 222 cm³/mol. The number of fused-ring (bicyclic) bond motifs is 7. The first kappa shape index (κ1) is 12.5. The van der Waals surface area contributed by atoms with E-state index in [9.17, 15) is 19.2 Å². The van der Waals surface area contributed by atoms with Gasteiger partial charge in [0.1, 0.15) is 17.2 Å². The quantitative estimate of drug-likeness (QED) is 0.136. The highest BCUT2D eigenvalue weighted by Crippen LogP contribution is 2.42. The average molecular weight is 725 g/mol. The molecule has 0 N–H and O–H groups in total. The summed E-state index contributed by atoms with van der Waals surface area (Å²) in [6, 6.07) is -32.4. The van der Waals surface area contributed by atoms with Crippen LogP contribution in [0.3, 0.4) is 0 Å². The van der Waals surface area contributed by atoms with Gasteiger partial charge in [0, 0.05) is 27.3 Å². The Hall–Kier alpha value is -6.56. The molecular weight excluding hydrogens is 661 g/mol. The molecule has 8 aromatic carbocycles. The molecule has 2 aliphatic heterocycles. The second-order valence-electron chi connectivity index (χ2n) is 11.6. The predicted octanol–water partition coefficient (Wildman–Crippen LogP) is 7.43. The van der Waals surface area contributed by atoms with Crippen molar-refractivity contribution < 1.29 is 51.9 Å². The number of hydrogen-bond acceptors (Lipinski definition) is 2. The van der Waals surface area contributed by atoms with Crippen LogP contribution in [0.2, 0.25) is 0 Å². The van der Waals surface area contributed by atoms with Gasteiger partial charge in [0.15, 0.2) is 8.07 Å². The molecule has 0 aliphatic carbocycles. The fraction of sp³-hybridized carbons (Fsp3) is 0. The minimum Gasteiger partial charge on any atom is -0.551 e. The Morgan fingerprint density at radius 1 is 0.491 bits per heavy atom. The topological polar surface area (TPSA) is 23.4 Å². The van der Waals surface area contributed by atoms with Crippen molar-refractivity contribution in [2.24, 2.45) is 0 Å². The van der Waals surface area contributed by atoms with Crippen LogP contribution in [0.4, 0.5) is 0 Å². The number of hydrogen-bond donors (Lipinski definition) is 0. The molecule has 0 bridgehead atoms. The first-order valence-electron chi connectivity index (χ1n) is 31.2. The molecule has 0 amide bonds. The van der Waals surface area contributed by atoms with Gasteiger partial charge in [-0.2, -0.15) is 0 Å². The van der Waals surface area contributed by atoms with Crippen molar-refractivity contribution in [3.05, 3.63) is 193 Å². The largest absolute Gasteiger partial charge is 0.551 e. The van der Waals surface area contributed by atoms with Gasteiger partial charge in [-0.25, -0.2) is 0 Å². The molecule has 0 saturated heterocycles. The van der Waals surface area contributed by atoms with Gasteiger partial charge in [-0.3, -0.25) is 0 Å². The molecule has 0 atom stereocenters. The molecule has 11 rings (SSSR count). The molecule has 9 aromatic rings. The maximum absolute atomic E-state index is 10.6. The van der Waals surface area contributed by atoms with Gasteiger partial charge in [0.05, 0.1) is 59.2 Å². The summed E-state index contributed by atoms with van der Waals surface area (Å²) in [4.78, 5) is 0. The molecule has 53 heavy (non-hydrogen) atoms. The molecule has 5 heteroatoms. The summed E-state index contributed by atoms with van der Waals surface area (Å²) in [7, 11) is -6.52. The number of nitrogens with zero attached hydrogens (tertiary/aromatic N) is 1. The zero-order chi connectivity index (χ0) is 61.9. The fourth-order valence-corrected chi connectivity index (χ4v) is 10.5. The molecule has 0 radical (unpaired) electrons. The normalized spacial score (nSPS) is 21.0. The van der Waals surface area contributed by atoms with Crippen LogP contribution in [0, 0.1) is 0 Å². The van der Waals surface area contributed by atoms with Crippen LogP contribution >= 0.6 is 0 Å². The summed E-state index contributed by atoms with van der Waals surface area (Å²) in [5.41, 5.74) is -4.43. The fourth-order valence-electron chi connectivity index (χ4n) is 6.90. The van der Waals surface area contributed by atoms with Crippen LogP contribution in [-0.2, 0) is 0 Å². The Balaban J connectivity index is 1.47. The maximum Gasteiger partial charge on any atom is 0.434 e. The third kappa shape index (κ3) is 4.35. The minimum atomic E-state index is -6.52. The van der Waals surface area contributed by atoms with Gasteiger partial charge >= 0.3 is 6.92 Å². The second kappa shape index (κ2) is 11.7. The van der Waals surface area contributed by atoms with Crippen LogP contribution < -0.4 is 41.1 Å². The van der Waals surface area contributed by atoms with E-state index in [0.717, 1.165) is 10.6 Å². The van der Waals surface area contributed by atoms with Crippen molar-refractivity contribution in [2.75, 3.05) is 0 Å². The molecule has 2 aliphatic rings. The van der Waals surface area contributed by atoms with E-state index >= 15 is 0 Å². The van der Waals surface area contributed by atoms with Crippen molar-refractivity contribution >= 4 is 68.5 Å². The monoisotopic (exact) mass is 724 g/mol. The Morgan fingerprint density at radius 3 is 1.66 bits per heavy atom. The Labute approximate surface area is 353 Å². The summed E-state index contributed by atoms with van der Waals surface area (Å²) in [6.07, 6.45) is 0. The molecule has 248 valence electrons. The van der Waals surface area contributed by atoms with Crippen molar-refractivity contribution in [1.82, 2.24) is 4.57 Å². The minimum absolute atomic E-state index is 0.411. The lowest BCUT2D eigenvalue weighted by Gasteiger charge is -2.38. The number of aromatic nitrogens is 1. The average Bonchev–Trinajstić information content (AvgIpc) is 1.03. The van der Waals surface area contributed by atoms with Crippen molar-refractivity contribution in [3.8, 4) is 34.1 Å². The Bertz CT molecular complexity index is 4330. The van der Waals surface area contributed by atoms with Crippen LogP contribution in [0.25, 0.3) is 38.6 Å². The molecule has 3 heterocycles. The number of rotatable bonds is 5. The van der Waals surface area contributed by atoms with Gasteiger partial charge in [-0.1, -0.05) is 163 Å². The van der Waals surface area contributed by atoms with Gasteiger partial charge in [-0.05, 0) is 56.5 Å². The van der Waals surface area contributed by atoms with Gasteiger partial charge in [0.2, 0.25) is 0 Å². The summed E-state index contributed by atoms with van der Waals surface area (Å²) in [5.74, 6) is -2.52. The zero-order valence-electron chi connectivity index (χ0n) is 57.4. The van der Waals surface area contributed by atoms with Crippen LogP contribution in [0.1, 0.15) is 42.5 Å². The van der Waals surface area contributed by atoms with Crippen LogP contribution in [0.5, 0.6) is 17.2 Å². The van der Waals surface area contributed by atoms with Crippen molar-refractivity contribution in [1.29, 1.82) is 0 Å². The van der Waals surface area contributed by atoms with Crippen molar-refractivity contribution in [3.63, 3.8) is 0 Å². The van der Waals surface area contributed by atoms with E-state index in [4.69, 9.17) is 32.7 Å². The number of benzene rings is 8. The van der Waals surface area contributed by atoms with E-state index in [1.165, 1.54) is 0 Å². The van der Waals surface area contributed by atoms with Crippen molar-refractivity contribution in [2.45, 2.75) is 0 Å². The lowest BCUT2D eigenvalue weighted by atomic mass is 9.51. The molecule has 0 spiro atoms. The lowest BCUT2D eigenvalue weighted by molar-refractivity contribution is 0.478. The highest BCUT2D eigenvalue weighted by atomic mass is 28.3. The molecule has 0 unspecified atom stereocenters. The van der Waals surface area contributed by atoms with Crippen LogP contribution in [-0.4, -0.2) is 19.6 Å². The highest BCUT2D eigenvalue weighted by molar-refractivity contribution is 7.20. The first-order valence-corrected chi connectivity index (χ1v) is 17.7. The third-order valence-electron chi connectivity index (χ3n) is 9.04. The zero-order valence-corrected chi connectivity index (χ0v) is 27.4. The summed E-state index contributed by atoms with van der Waals surface area (Å²) in [6.45, 7) is -2.01. The SMILES string of the molecule is [2H]c1cc2c(c(-n3c4c([2H])c([2H])c([2H])c([2H])c4c4c([2H])c([2H])c([2H])c([2H])c43)c1[2H])Oc1c([2H])c([Si](c3c([2H])c([2H])c([2H])c([2H])c3[2H])(c3c([2H])c([2H])c([2H])c([2H])c3[2H])c3c([2H])c([2H])c([2H])c([2H])c3[2H])c([2H])c3c1B2Oc1c([2H])c([2H])c([2H])c([2H])c1-3. The van der Waals surface area contributed by atoms with E-state index in [-0.39, 0.29) is 0 Å². The molecule has 3 nitrogen and oxygen atoms in total. The summed E-state index contributed by atoms with van der Waals surface area (Å²) < 4.78 is 300. The summed E-state index contributed by atoms with van der Waals surface area (Å²) >= 11 is 0. The Kier molecular flexibility index (Phi) is 2.78. The third-order valence-corrected chi connectivity index (χ3v) is 13.0. The molecule has 1 aromatic heterocycles. The maximum atomic E-state index is 10.6. The van der Waals surface area contributed by atoms with Crippen LogP contribution in [0.15, 0.2) is 193 Å². The van der Waals surface area contributed by atoms with E-state index in [1.54, 1.807) is 0 Å². The molecule has 0 saturated carbocycles. The smallest absolute Gasteiger partial charge is 0.434 e. The Morgan fingerprint density at radius 2 is 1.04 bits per heavy atom. The van der Waals surface area contributed by atoms with Gasteiger partial charge in [-0.15, -0.1) is 0 Å². The highest BCUT2D eigenvalue weighted by Gasteiger charge is 2.46. The molecule has 0 fully saturated rings. The standard InChI is InChI=1S/C48H32BNO2Si/c1-4-17-33(18-5-1)53(34-19-6-2-7-20-34,35-21-8-3-9-22-35)36-31-40-39-25-12-15-30-45(39)52-49-41-26-16-29-44(48(41)51-46(32-36)47(40)49)50-42-27-13-10-23-37(42)38-24-11-14-28-43(38)50/h1-32H/i1D,2D,3D,4D,5D,6D,7D,8D,9D,10D,11D,12D,13D,14D,15D,16D,17D,18D,19D,20D,21D,22D,23D,24D,25D,27D,28D,29D,30D,31D,32D. The number of para-hydroxylation sites is 4. The van der Waals surface area contributed by atoms with E-state index < -0.39 is 290 Å². The second-order valence-corrected chi connectivity index (χ2v) is 15.1. The number of ether oxygens (including phenoxy) is 1. The van der Waals surface area contributed by atoms with E-state index in [1.807, 2.05) is 0 Å². The van der Waals surface area contributed by atoms with E-state index in [2.05, 4.69) is 0 Å².